The van der Waals surface area contributed by atoms with E-state index in [9.17, 15) is 9.90 Å². The molecule has 1 saturated heterocycles. The second kappa shape index (κ2) is 14.5. The van der Waals surface area contributed by atoms with Crippen LogP contribution in [0.2, 0.25) is 18.1 Å². The van der Waals surface area contributed by atoms with Crippen LogP contribution in [0.4, 0.5) is 0 Å². The van der Waals surface area contributed by atoms with Crippen molar-refractivity contribution in [2.75, 3.05) is 6.61 Å². The summed E-state index contributed by atoms with van der Waals surface area (Å²) in [4.78, 5) is 14.7. The molecule has 0 amide bonds. The smallest absolute Gasteiger partial charge is 0.338 e. The van der Waals surface area contributed by atoms with Gasteiger partial charge in [-0.3, -0.25) is 0 Å². The molecule has 8 heteroatoms. The number of rotatable bonds is 10. The molecule has 0 unspecified atom stereocenters. The average Bonchev–Trinajstić information content (AvgIpc) is 2.98. The summed E-state index contributed by atoms with van der Waals surface area (Å²) in [5.74, 6) is -0.456. The van der Waals surface area contributed by atoms with Crippen molar-refractivity contribution in [3.05, 3.63) is 101 Å². The van der Waals surface area contributed by atoms with Gasteiger partial charge in [-0.05, 0) is 65.4 Å². The van der Waals surface area contributed by atoms with Crippen LogP contribution in [0.25, 0.3) is 0 Å². The normalized spacial score (nSPS) is 22.7. The summed E-state index contributed by atoms with van der Waals surface area (Å²) in [5.41, 5.74) is 3.02. The molecule has 1 heterocycles. The van der Waals surface area contributed by atoms with Crippen LogP contribution in [0.15, 0.2) is 83.8 Å². The van der Waals surface area contributed by atoms with E-state index in [2.05, 4.69) is 79.8 Å². The molecular weight excluding hydrogens is 601 g/mol. The number of aliphatic hydroxyl groups excluding tert-OH is 1. The minimum atomic E-state index is -2.44. The van der Waals surface area contributed by atoms with Gasteiger partial charge in [0.05, 0.1) is 18.8 Å². The number of aliphatic hydroxyl groups is 1. The van der Waals surface area contributed by atoms with E-state index >= 15 is 0 Å². The van der Waals surface area contributed by atoms with Gasteiger partial charge in [0.1, 0.15) is 23.7 Å². The number of benzene rings is 3. The van der Waals surface area contributed by atoms with Crippen molar-refractivity contribution in [1.82, 2.24) is 0 Å². The fourth-order valence-electron chi connectivity index (χ4n) is 4.95. The molecule has 6 nitrogen and oxygen atoms in total. The lowest BCUT2D eigenvalue weighted by atomic mass is 9.87. The zero-order valence-electron chi connectivity index (χ0n) is 28.2. The third kappa shape index (κ3) is 8.87. The van der Waals surface area contributed by atoms with Crippen molar-refractivity contribution in [2.45, 2.75) is 113 Å². The number of ether oxygens (including phenoxy) is 3. The summed E-state index contributed by atoms with van der Waals surface area (Å²) in [6.45, 7) is 19.6. The van der Waals surface area contributed by atoms with E-state index in [-0.39, 0.29) is 17.1 Å². The van der Waals surface area contributed by atoms with E-state index in [1.165, 1.54) is 17.3 Å². The van der Waals surface area contributed by atoms with Crippen molar-refractivity contribution in [3.8, 4) is 0 Å². The fourth-order valence-corrected chi connectivity index (χ4v) is 7.49. The minimum Gasteiger partial charge on any atom is -0.452 e. The first-order valence-corrected chi connectivity index (χ1v) is 19.5. The number of carbonyl (C=O) groups is 1. The third-order valence-corrected chi connectivity index (χ3v) is 14.6. The van der Waals surface area contributed by atoms with Gasteiger partial charge in [-0.2, -0.15) is 0 Å². The van der Waals surface area contributed by atoms with Crippen molar-refractivity contribution in [3.63, 3.8) is 0 Å². The Hall–Kier alpha value is -2.46. The summed E-state index contributed by atoms with van der Waals surface area (Å²) in [5, 5.41) is 10.6. The number of aryl methyl sites for hydroxylation is 1. The van der Waals surface area contributed by atoms with Gasteiger partial charge >= 0.3 is 5.97 Å². The van der Waals surface area contributed by atoms with Crippen LogP contribution in [-0.2, 0) is 30.7 Å². The zero-order chi connectivity index (χ0) is 33.0. The molecule has 1 fully saturated rings. The standard InChI is InChI=1S/C37H50O6SSi/c1-25-20-21-28(36(2,3)4)22-30(25)44-35-33(42-34(39)27-18-14-11-15-19-27)32(43-45(8,9)37(5,6)7)31(29(23-38)41-35)40-24-26-16-12-10-13-17-26/h10-22,29,31-33,35,38H,23-24H2,1-9H3/t29-,31-,32+,33-,35+/m1/s1. The lowest BCUT2D eigenvalue weighted by Gasteiger charge is -2.49. The van der Waals surface area contributed by atoms with E-state index in [1.807, 2.05) is 48.5 Å². The number of carbonyl (C=O) groups excluding carboxylic acids is 1. The molecule has 0 aromatic heterocycles. The van der Waals surface area contributed by atoms with E-state index < -0.39 is 44.1 Å². The molecule has 4 rings (SSSR count). The highest BCUT2D eigenvalue weighted by Gasteiger charge is 2.53. The molecular formula is C37H50O6SSi. The number of hydrogen-bond donors (Lipinski definition) is 1. The minimum absolute atomic E-state index is 0.0480. The number of esters is 1. The summed E-state index contributed by atoms with van der Waals surface area (Å²) < 4.78 is 26.7. The van der Waals surface area contributed by atoms with Crippen LogP contribution in [-0.4, -0.2) is 55.9 Å². The average molecular weight is 651 g/mol. The van der Waals surface area contributed by atoms with E-state index in [1.54, 1.807) is 12.1 Å². The molecule has 0 radical (unpaired) electrons. The van der Waals surface area contributed by atoms with E-state index in [4.69, 9.17) is 18.6 Å². The maximum atomic E-state index is 13.7. The van der Waals surface area contributed by atoms with Gasteiger partial charge in [0, 0.05) is 4.90 Å². The molecule has 3 aromatic rings. The maximum Gasteiger partial charge on any atom is 0.338 e. The molecule has 5 atom stereocenters. The largest absolute Gasteiger partial charge is 0.452 e. The fraction of sp³-hybridized carbons (Fsp3) is 0.486. The van der Waals surface area contributed by atoms with Gasteiger partial charge in [-0.1, -0.05) is 114 Å². The predicted octanol–water partition coefficient (Wildman–Crippen LogP) is 8.30. The predicted molar refractivity (Wildman–Crippen MR) is 184 cm³/mol. The molecule has 3 aromatic carbocycles. The first kappa shape index (κ1) is 35.4. The van der Waals surface area contributed by atoms with Gasteiger partial charge in [0.2, 0.25) is 0 Å². The Morgan fingerprint density at radius 3 is 2.09 bits per heavy atom. The first-order chi connectivity index (χ1) is 21.1. The monoisotopic (exact) mass is 650 g/mol. The first-order valence-electron chi connectivity index (χ1n) is 15.7. The highest BCUT2D eigenvalue weighted by molar-refractivity contribution is 7.99. The summed E-state index contributed by atoms with van der Waals surface area (Å²) >= 11 is 1.51. The van der Waals surface area contributed by atoms with Crippen LogP contribution in [0, 0.1) is 6.92 Å². The van der Waals surface area contributed by atoms with Crippen LogP contribution >= 0.6 is 11.8 Å². The third-order valence-electron chi connectivity index (χ3n) is 8.84. The second-order valence-corrected chi connectivity index (χ2v) is 20.3. The Labute approximate surface area is 275 Å². The van der Waals surface area contributed by atoms with Gasteiger partial charge in [-0.15, -0.1) is 0 Å². The van der Waals surface area contributed by atoms with E-state index in [0.29, 0.717) is 12.2 Å². The SMILES string of the molecule is Cc1ccc(C(C)(C)C)cc1S[C@@H]1O[C@H](CO)[C@@H](OCc2ccccc2)[C@H](O[Si](C)(C)C(C)(C)C)[C@H]1OC(=O)c1ccccc1. The van der Waals surface area contributed by atoms with Crippen LogP contribution < -0.4 is 0 Å². The molecule has 1 N–H and O–H groups in total. The van der Waals surface area contributed by atoms with Crippen molar-refractivity contribution in [1.29, 1.82) is 0 Å². The molecule has 0 bridgehead atoms. The summed E-state index contributed by atoms with van der Waals surface area (Å²) in [6, 6.07) is 25.4. The maximum absolute atomic E-state index is 13.7. The van der Waals surface area contributed by atoms with Crippen molar-refractivity contribution < 1.29 is 28.5 Å². The lowest BCUT2D eigenvalue weighted by Crippen LogP contribution is -2.63. The van der Waals surface area contributed by atoms with Crippen LogP contribution in [0.5, 0.6) is 0 Å². The highest BCUT2D eigenvalue weighted by Crippen LogP contribution is 2.44. The lowest BCUT2D eigenvalue weighted by molar-refractivity contribution is -0.220. The summed E-state index contributed by atoms with van der Waals surface area (Å²) in [7, 11) is -2.44. The molecule has 1 aliphatic heterocycles. The quantitative estimate of drug-likeness (QED) is 0.175. The Morgan fingerprint density at radius 1 is 0.889 bits per heavy atom. The molecule has 1 aliphatic rings. The molecule has 244 valence electrons. The number of hydrogen-bond acceptors (Lipinski definition) is 7. The van der Waals surface area contributed by atoms with Gasteiger partial charge in [0.15, 0.2) is 14.4 Å². The van der Waals surface area contributed by atoms with Crippen LogP contribution in [0.1, 0.15) is 68.6 Å². The highest BCUT2D eigenvalue weighted by atomic mass is 32.2. The van der Waals surface area contributed by atoms with Gasteiger partial charge in [0.25, 0.3) is 0 Å². The Kier molecular flexibility index (Phi) is 11.4. The molecule has 0 saturated carbocycles. The topological polar surface area (TPSA) is 74.2 Å². The Bertz CT molecular complexity index is 1400. The van der Waals surface area contributed by atoms with Crippen molar-refractivity contribution in [2.24, 2.45) is 0 Å². The Morgan fingerprint density at radius 2 is 1.51 bits per heavy atom. The second-order valence-electron chi connectivity index (χ2n) is 14.4. The summed E-state index contributed by atoms with van der Waals surface area (Å²) in [6.07, 6.45) is -2.88. The number of thioether (sulfide) groups is 1. The van der Waals surface area contributed by atoms with Crippen molar-refractivity contribution >= 4 is 26.0 Å². The van der Waals surface area contributed by atoms with Gasteiger partial charge < -0.3 is 23.7 Å². The van der Waals surface area contributed by atoms with Gasteiger partial charge in [-0.25, -0.2) is 4.79 Å². The molecule has 0 spiro atoms. The zero-order valence-corrected chi connectivity index (χ0v) is 30.0. The van der Waals surface area contributed by atoms with Crippen LogP contribution in [0.3, 0.4) is 0 Å². The molecule has 45 heavy (non-hydrogen) atoms. The Balaban J connectivity index is 1.79. The van der Waals surface area contributed by atoms with E-state index in [0.717, 1.165) is 16.0 Å². The molecule has 0 aliphatic carbocycles.